The number of rotatable bonds is 6. The number of ketones is 1. The molecule has 1 aromatic rings. The van der Waals surface area contributed by atoms with Crippen LogP contribution in [-0.4, -0.2) is 27.5 Å². The summed E-state index contributed by atoms with van der Waals surface area (Å²) < 4.78 is 6.57. The van der Waals surface area contributed by atoms with Gasteiger partial charge in [0.25, 0.3) is 5.56 Å². The van der Waals surface area contributed by atoms with E-state index >= 15 is 0 Å². The Hall–Kier alpha value is -2.38. The van der Waals surface area contributed by atoms with Crippen molar-refractivity contribution in [2.24, 2.45) is 14.1 Å². The van der Waals surface area contributed by atoms with Gasteiger partial charge in [0.05, 0.1) is 0 Å². The predicted molar refractivity (Wildman–Crippen MR) is 76.2 cm³/mol. The summed E-state index contributed by atoms with van der Waals surface area (Å²) in [5, 5.41) is 0. The van der Waals surface area contributed by atoms with E-state index in [1.54, 1.807) is 0 Å². The molecular weight excluding hydrogens is 278 g/mol. The maximum absolute atomic E-state index is 12.0. The van der Waals surface area contributed by atoms with E-state index in [1.807, 2.05) is 6.92 Å². The van der Waals surface area contributed by atoms with Crippen molar-refractivity contribution in [1.82, 2.24) is 9.13 Å². The molecule has 0 saturated heterocycles. The molecule has 0 aliphatic rings. The Morgan fingerprint density at radius 1 is 1.19 bits per heavy atom. The molecule has 21 heavy (non-hydrogen) atoms. The molecule has 0 aromatic carbocycles. The van der Waals surface area contributed by atoms with Crippen LogP contribution < -0.4 is 17.0 Å². The third kappa shape index (κ3) is 3.59. The Kier molecular flexibility index (Phi) is 5.45. The second-order valence-electron chi connectivity index (χ2n) is 4.65. The average Bonchev–Trinajstić information content (AvgIpc) is 2.47. The van der Waals surface area contributed by atoms with Gasteiger partial charge in [0.2, 0.25) is 5.78 Å². The average molecular weight is 297 g/mol. The fourth-order valence-corrected chi connectivity index (χ4v) is 1.73. The van der Waals surface area contributed by atoms with Gasteiger partial charge in [-0.05, 0) is 6.42 Å². The first-order chi connectivity index (χ1) is 9.81. The van der Waals surface area contributed by atoms with E-state index in [0.29, 0.717) is 6.42 Å². The quantitative estimate of drug-likeness (QED) is 0.563. The van der Waals surface area contributed by atoms with Crippen LogP contribution in [0.5, 0.6) is 0 Å². The largest absolute Gasteiger partial charge is 0.457 e. The fraction of sp³-hybridized carbons (Fsp3) is 0.538. The summed E-state index contributed by atoms with van der Waals surface area (Å²) in [5.74, 6) is -1.48. The van der Waals surface area contributed by atoms with Crippen LogP contribution >= 0.6 is 0 Å². The maximum Gasteiger partial charge on any atom is 0.332 e. The molecule has 2 N–H and O–H groups in total. The van der Waals surface area contributed by atoms with Crippen LogP contribution in [0, 0.1) is 0 Å². The van der Waals surface area contributed by atoms with Crippen LogP contribution in [-0.2, 0) is 23.6 Å². The Labute approximate surface area is 121 Å². The molecule has 0 unspecified atom stereocenters. The highest BCUT2D eigenvalue weighted by molar-refractivity contribution is 6.01. The molecule has 0 aliphatic heterocycles. The summed E-state index contributed by atoms with van der Waals surface area (Å²) >= 11 is 0. The molecule has 1 heterocycles. The lowest BCUT2D eigenvalue weighted by Crippen LogP contribution is -2.42. The number of hydrogen-bond acceptors (Lipinski definition) is 6. The van der Waals surface area contributed by atoms with E-state index in [1.165, 1.54) is 14.1 Å². The normalized spacial score (nSPS) is 10.4. The first kappa shape index (κ1) is 16.7. The van der Waals surface area contributed by atoms with Gasteiger partial charge in [0.1, 0.15) is 11.4 Å². The van der Waals surface area contributed by atoms with Crippen LogP contribution in [0.15, 0.2) is 9.59 Å². The van der Waals surface area contributed by atoms with Gasteiger partial charge in [-0.1, -0.05) is 13.3 Å². The minimum absolute atomic E-state index is 0.213. The van der Waals surface area contributed by atoms with E-state index in [9.17, 15) is 19.2 Å². The highest BCUT2D eigenvalue weighted by atomic mass is 16.5. The number of carbonyl (C=O) groups is 2. The van der Waals surface area contributed by atoms with E-state index in [4.69, 9.17) is 10.5 Å². The lowest BCUT2D eigenvalue weighted by Gasteiger charge is -2.10. The van der Waals surface area contributed by atoms with Crippen LogP contribution in [0.4, 0.5) is 5.82 Å². The van der Waals surface area contributed by atoms with E-state index in [-0.39, 0.29) is 17.8 Å². The molecule has 1 aromatic heterocycles. The monoisotopic (exact) mass is 297 g/mol. The van der Waals surface area contributed by atoms with Crippen LogP contribution in [0.25, 0.3) is 0 Å². The number of ether oxygens (including phenoxy) is 1. The first-order valence-electron chi connectivity index (χ1n) is 6.55. The molecule has 8 nitrogen and oxygen atoms in total. The highest BCUT2D eigenvalue weighted by Gasteiger charge is 2.21. The van der Waals surface area contributed by atoms with E-state index < -0.39 is 29.6 Å². The third-order valence-corrected chi connectivity index (χ3v) is 3.09. The fourth-order valence-electron chi connectivity index (χ4n) is 1.73. The van der Waals surface area contributed by atoms with E-state index in [0.717, 1.165) is 15.6 Å². The molecule has 0 aliphatic carbocycles. The number of nitrogens with two attached hydrogens (primary N) is 1. The minimum atomic E-state index is -0.801. The molecule has 1 rings (SSSR count). The van der Waals surface area contributed by atoms with Gasteiger partial charge in [-0.15, -0.1) is 0 Å². The standard InChI is InChI=1S/C13H19N3O5/c1-4-5-6-9(18)21-7-8(17)10-11(14)15(2)13(20)16(3)12(10)19/h4-7,14H2,1-3H3. The molecule has 0 bridgehead atoms. The van der Waals surface area contributed by atoms with Crippen molar-refractivity contribution in [2.45, 2.75) is 26.2 Å². The molecule has 0 radical (unpaired) electrons. The summed E-state index contributed by atoms with van der Waals surface area (Å²) in [5.41, 5.74) is 3.85. The molecule has 0 saturated carbocycles. The zero-order valence-electron chi connectivity index (χ0n) is 12.3. The summed E-state index contributed by atoms with van der Waals surface area (Å²) in [6, 6.07) is 0. The number of nitrogen functional groups attached to an aromatic ring is 1. The van der Waals surface area contributed by atoms with Gasteiger partial charge in [-0.3, -0.25) is 23.5 Å². The molecular formula is C13H19N3O5. The Morgan fingerprint density at radius 2 is 1.81 bits per heavy atom. The molecule has 116 valence electrons. The predicted octanol–water partition coefficient (Wildman–Crippen LogP) is -0.418. The smallest absolute Gasteiger partial charge is 0.332 e. The van der Waals surface area contributed by atoms with Gasteiger partial charge >= 0.3 is 11.7 Å². The Bertz CT molecular complexity index is 672. The van der Waals surface area contributed by atoms with Crippen LogP contribution in [0.3, 0.4) is 0 Å². The zero-order chi connectivity index (χ0) is 16.2. The summed E-state index contributed by atoms with van der Waals surface area (Å²) in [6.45, 7) is 1.35. The summed E-state index contributed by atoms with van der Waals surface area (Å²) in [6.07, 6.45) is 1.71. The Morgan fingerprint density at radius 3 is 2.38 bits per heavy atom. The van der Waals surface area contributed by atoms with Gasteiger partial charge in [0.15, 0.2) is 6.61 Å². The third-order valence-electron chi connectivity index (χ3n) is 3.09. The number of aromatic nitrogens is 2. The van der Waals surface area contributed by atoms with Gasteiger partial charge in [-0.2, -0.15) is 0 Å². The highest BCUT2D eigenvalue weighted by Crippen LogP contribution is 2.05. The van der Waals surface area contributed by atoms with Crippen molar-refractivity contribution in [3.8, 4) is 0 Å². The second-order valence-corrected chi connectivity index (χ2v) is 4.65. The molecule has 0 fully saturated rings. The van der Waals surface area contributed by atoms with Gasteiger partial charge in [-0.25, -0.2) is 4.79 Å². The zero-order valence-corrected chi connectivity index (χ0v) is 12.3. The molecule has 0 amide bonds. The maximum atomic E-state index is 12.0. The second kappa shape index (κ2) is 6.87. The number of esters is 1. The van der Waals surface area contributed by atoms with Crippen molar-refractivity contribution < 1.29 is 14.3 Å². The van der Waals surface area contributed by atoms with Gasteiger partial charge < -0.3 is 10.5 Å². The van der Waals surface area contributed by atoms with E-state index in [2.05, 4.69) is 0 Å². The van der Waals surface area contributed by atoms with Gasteiger partial charge in [0, 0.05) is 20.5 Å². The van der Waals surface area contributed by atoms with Crippen molar-refractivity contribution in [1.29, 1.82) is 0 Å². The lowest BCUT2D eigenvalue weighted by molar-refractivity contribution is -0.142. The lowest BCUT2D eigenvalue weighted by atomic mass is 10.2. The molecule has 0 atom stereocenters. The number of unbranched alkanes of at least 4 members (excludes halogenated alkanes) is 1. The topological polar surface area (TPSA) is 113 Å². The SMILES string of the molecule is CCCCC(=O)OCC(=O)c1c(N)n(C)c(=O)n(C)c1=O. The number of carbonyl (C=O) groups excluding carboxylic acids is 2. The van der Waals surface area contributed by atoms with Crippen molar-refractivity contribution in [3.05, 3.63) is 26.4 Å². The Balaban J connectivity index is 2.97. The summed E-state index contributed by atoms with van der Waals surface area (Å²) in [7, 11) is 2.59. The number of Topliss-reactive ketones (excluding diaryl/α,β-unsaturated/α-hetero) is 1. The van der Waals surface area contributed by atoms with Crippen molar-refractivity contribution in [2.75, 3.05) is 12.3 Å². The van der Waals surface area contributed by atoms with Crippen molar-refractivity contribution in [3.63, 3.8) is 0 Å². The first-order valence-corrected chi connectivity index (χ1v) is 6.55. The summed E-state index contributed by atoms with van der Waals surface area (Å²) in [4.78, 5) is 46.9. The number of hydrogen-bond donors (Lipinski definition) is 1. The minimum Gasteiger partial charge on any atom is -0.457 e. The number of anilines is 1. The number of nitrogens with zero attached hydrogens (tertiary/aromatic N) is 2. The molecule has 0 spiro atoms. The van der Waals surface area contributed by atoms with Crippen LogP contribution in [0.1, 0.15) is 36.5 Å². The van der Waals surface area contributed by atoms with Crippen LogP contribution in [0.2, 0.25) is 0 Å². The molecule has 8 heteroatoms. The van der Waals surface area contributed by atoms with Crippen molar-refractivity contribution >= 4 is 17.6 Å².